The Morgan fingerprint density at radius 2 is 0.735 bits per heavy atom. The summed E-state index contributed by atoms with van der Waals surface area (Å²) in [4.78, 5) is 12.6. The minimum atomic E-state index is -4.40. The van der Waals surface area contributed by atoms with E-state index in [0.717, 1.165) is 44.9 Å². The molecule has 0 heterocycles. The molecule has 1 amide bonds. The molecule has 0 aromatic carbocycles. The number of rotatable bonds is 39. The summed E-state index contributed by atoms with van der Waals surface area (Å²) in [6.07, 6.45) is 38.3. The van der Waals surface area contributed by atoms with Gasteiger partial charge < -0.3 is 15.5 Å². The summed E-state index contributed by atoms with van der Waals surface area (Å²) in [5.41, 5.74) is 0. The van der Waals surface area contributed by atoms with Crippen molar-refractivity contribution >= 4 is 16.0 Å². The summed E-state index contributed by atoms with van der Waals surface area (Å²) in [6, 6.07) is -1.14. The molecule has 0 saturated heterocycles. The molecule has 294 valence electrons. The molecule has 0 aromatic rings. The van der Waals surface area contributed by atoms with E-state index in [2.05, 4.69) is 19.2 Å². The molecule has 0 spiro atoms. The van der Waals surface area contributed by atoms with Gasteiger partial charge in [-0.25, -0.2) is 0 Å². The Balaban J connectivity index is 3.93. The van der Waals surface area contributed by atoms with Gasteiger partial charge in [-0.15, -0.1) is 0 Å². The Morgan fingerprint density at radius 1 is 0.469 bits per heavy atom. The van der Waals surface area contributed by atoms with Crippen molar-refractivity contribution in [3.63, 3.8) is 0 Å². The lowest BCUT2D eigenvalue weighted by molar-refractivity contribution is -0.131. The number of aliphatic hydroxyl groups excluding tert-OH is 2. The van der Waals surface area contributed by atoms with E-state index in [-0.39, 0.29) is 0 Å². The molecular formula is C41H83NO6S. The summed E-state index contributed by atoms with van der Waals surface area (Å²) in [6.45, 7) is 4.52. The van der Waals surface area contributed by atoms with Crippen LogP contribution in [0.3, 0.4) is 0 Å². The van der Waals surface area contributed by atoms with Crippen LogP contribution in [0.4, 0.5) is 0 Å². The van der Waals surface area contributed by atoms with E-state index in [1.165, 1.54) is 161 Å². The van der Waals surface area contributed by atoms with Crippen molar-refractivity contribution in [2.75, 3.05) is 5.75 Å². The molecule has 0 bridgehead atoms. The van der Waals surface area contributed by atoms with Crippen LogP contribution in [0.25, 0.3) is 0 Å². The van der Waals surface area contributed by atoms with Crippen molar-refractivity contribution in [3.05, 3.63) is 0 Å². The molecule has 0 rings (SSSR count). The maximum atomic E-state index is 12.6. The van der Waals surface area contributed by atoms with Gasteiger partial charge in [0.2, 0.25) is 5.91 Å². The second-order valence-electron chi connectivity index (χ2n) is 15.1. The number of hydrogen-bond donors (Lipinski definition) is 4. The first-order chi connectivity index (χ1) is 23.7. The van der Waals surface area contributed by atoms with Gasteiger partial charge in [-0.2, -0.15) is 8.42 Å². The van der Waals surface area contributed by atoms with Crippen LogP contribution in [-0.4, -0.2) is 53.1 Å². The molecule has 0 aliphatic rings. The summed E-state index contributed by atoms with van der Waals surface area (Å²) >= 11 is 0. The van der Waals surface area contributed by atoms with Crippen molar-refractivity contribution < 1.29 is 28.0 Å². The average molecular weight is 718 g/mol. The van der Waals surface area contributed by atoms with Gasteiger partial charge in [-0.1, -0.05) is 219 Å². The van der Waals surface area contributed by atoms with Gasteiger partial charge >= 0.3 is 0 Å². The highest BCUT2D eigenvalue weighted by Gasteiger charge is 2.28. The van der Waals surface area contributed by atoms with Gasteiger partial charge in [0.15, 0.2) is 0 Å². The normalized spacial score (nSPS) is 13.8. The maximum Gasteiger partial charge on any atom is 0.266 e. The van der Waals surface area contributed by atoms with Crippen LogP contribution in [0.1, 0.15) is 232 Å². The zero-order chi connectivity index (χ0) is 36.3. The van der Waals surface area contributed by atoms with Crippen molar-refractivity contribution in [1.82, 2.24) is 5.32 Å². The summed E-state index contributed by atoms with van der Waals surface area (Å²) in [7, 11) is -4.40. The SMILES string of the molecule is CCCCCCCCCCCCCCCCCCCC(O)C(CS(=O)(=O)O)NC(=O)C(O)CCCCCCCCCCCCCCCCC. The second-order valence-corrected chi connectivity index (χ2v) is 16.6. The average Bonchev–Trinajstić information content (AvgIpc) is 3.06. The highest BCUT2D eigenvalue weighted by molar-refractivity contribution is 7.85. The molecule has 0 aliphatic heterocycles. The number of aliphatic hydroxyl groups is 2. The van der Waals surface area contributed by atoms with E-state index in [1.807, 2.05) is 0 Å². The van der Waals surface area contributed by atoms with Crippen LogP contribution in [0, 0.1) is 0 Å². The third-order valence-corrected chi connectivity index (χ3v) is 10.9. The van der Waals surface area contributed by atoms with Crippen LogP contribution in [0.5, 0.6) is 0 Å². The number of unbranched alkanes of at least 4 members (excludes halogenated alkanes) is 30. The van der Waals surface area contributed by atoms with Gasteiger partial charge in [-0.3, -0.25) is 9.35 Å². The highest BCUT2D eigenvalue weighted by atomic mass is 32.2. The first-order valence-corrected chi connectivity index (χ1v) is 22.9. The molecule has 4 N–H and O–H groups in total. The van der Waals surface area contributed by atoms with E-state index in [4.69, 9.17) is 0 Å². The molecular weight excluding hydrogens is 635 g/mol. The van der Waals surface area contributed by atoms with Gasteiger partial charge in [-0.05, 0) is 12.8 Å². The highest BCUT2D eigenvalue weighted by Crippen LogP contribution is 2.17. The van der Waals surface area contributed by atoms with Crippen LogP contribution in [0.15, 0.2) is 0 Å². The zero-order valence-corrected chi connectivity index (χ0v) is 33.3. The van der Waals surface area contributed by atoms with Gasteiger partial charge in [0, 0.05) is 0 Å². The van der Waals surface area contributed by atoms with Crippen LogP contribution in [-0.2, 0) is 14.9 Å². The molecule has 3 unspecified atom stereocenters. The van der Waals surface area contributed by atoms with Crippen molar-refractivity contribution in [2.45, 2.75) is 250 Å². The molecule has 0 radical (unpaired) electrons. The number of carbonyl (C=O) groups excluding carboxylic acids is 1. The number of amides is 1. The number of carbonyl (C=O) groups is 1. The van der Waals surface area contributed by atoms with Gasteiger partial charge in [0.05, 0.1) is 17.9 Å². The smallest absolute Gasteiger partial charge is 0.266 e. The van der Waals surface area contributed by atoms with Crippen LogP contribution < -0.4 is 5.32 Å². The van der Waals surface area contributed by atoms with Gasteiger partial charge in [0.1, 0.15) is 6.10 Å². The minimum absolute atomic E-state index is 0.304. The second kappa shape index (κ2) is 35.7. The Morgan fingerprint density at radius 3 is 1.02 bits per heavy atom. The van der Waals surface area contributed by atoms with Crippen LogP contribution in [0.2, 0.25) is 0 Å². The third kappa shape index (κ3) is 35.5. The molecule has 0 saturated carbocycles. The third-order valence-electron chi connectivity index (χ3n) is 10.2. The minimum Gasteiger partial charge on any atom is -0.391 e. The summed E-state index contributed by atoms with van der Waals surface area (Å²) < 4.78 is 32.6. The van der Waals surface area contributed by atoms with Gasteiger partial charge in [0.25, 0.3) is 10.1 Å². The predicted molar refractivity (Wildman–Crippen MR) is 209 cm³/mol. The number of nitrogens with one attached hydrogen (secondary N) is 1. The molecule has 49 heavy (non-hydrogen) atoms. The molecule has 0 fully saturated rings. The fourth-order valence-corrected chi connectivity index (χ4v) is 7.63. The zero-order valence-electron chi connectivity index (χ0n) is 32.5. The van der Waals surface area contributed by atoms with Crippen molar-refractivity contribution in [3.8, 4) is 0 Å². The first kappa shape index (κ1) is 48.3. The Labute approximate surface area is 304 Å². The van der Waals surface area contributed by atoms with E-state index < -0.39 is 40.0 Å². The van der Waals surface area contributed by atoms with E-state index >= 15 is 0 Å². The maximum absolute atomic E-state index is 12.6. The Bertz CT molecular complexity index is 808. The quantitative estimate of drug-likeness (QED) is 0.0371. The van der Waals surface area contributed by atoms with Crippen LogP contribution >= 0.6 is 0 Å². The predicted octanol–water partition coefficient (Wildman–Crippen LogP) is 11.4. The summed E-state index contributed by atoms with van der Waals surface area (Å²) in [5.74, 6) is -1.44. The summed E-state index contributed by atoms with van der Waals surface area (Å²) in [5, 5.41) is 23.6. The molecule has 0 aromatic heterocycles. The molecule has 8 heteroatoms. The van der Waals surface area contributed by atoms with Crippen molar-refractivity contribution in [1.29, 1.82) is 0 Å². The monoisotopic (exact) mass is 718 g/mol. The Kier molecular flexibility index (Phi) is 35.2. The molecule has 0 aliphatic carbocycles. The standard InChI is InChI=1S/C41H83NO6S/c1-3-5-7-9-11-13-15-17-19-20-22-23-25-27-29-31-33-35-39(43)38(37-49(46,47)48)42-41(45)40(44)36-34-32-30-28-26-24-21-18-16-14-12-10-8-6-4-2/h38-40,43-44H,3-37H2,1-2H3,(H,42,45)(H,46,47,48). The lowest BCUT2D eigenvalue weighted by atomic mass is 10.0. The lowest BCUT2D eigenvalue weighted by Gasteiger charge is -2.24. The van der Waals surface area contributed by atoms with E-state index in [0.29, 0.717) is 12.8 Å². The van der Waals surface area contributed by atoms with E-state index in [9.17, 15) is 28.0 Å². The molecule has 3 atom stereocenters. The molecule has 7 nitrogen and oxygen atoms in total. The van der Waals surface area contributed by atoms with Crippen molar-refractivity contribution in [2.24, 2.45) is 0 Å². The topological polar surface area (TPSA) is 124 Å². The number of hydrogen-bond acceptors (Lipinski definition) is 5. The lowest BCUT2D eigenvalue weighted by Crippen LogP contribution is -2.50. The largest absolute Gasteiger partial charge is 0.391 e. The fraction of sp³-hybridized carbons (Fsp3) is 0.976. The van der Waals surface area contributed by atoms with E-state index in [1.54, 1.807) is 0 Å². The fourth-order valence-electron chi connectivity index (χ4n) is 6.87. The Hall–Kier alpha value is -0.700. The first-order valence-electron chi connectivity index (χ1n) is 21.3.